The lowest BCUT2D eigenvalue weighted by Crippen LogP contribution is -2.19. The molecule has 2 N–H and O–H groups in total. The molecule has 1 aromatic rings. The van der Waals surface area contributed by atoms with Crippen LogP contribution in [0, 0.1) is 6.92 Å². The average molecular weight is 204 g/mol. The number of carbonyl (C=O) groups is 1. The van der Waals surface area contributed by atoms with Crippen molar-refractivity contribution in [3.63, 3.8) is 0 Å². The minimum atomic E-state index is -0.227. The number of aromatic nitrogens is 1. The number of amides is 1. The van der Waals surface area contributed by atoms with Crippen molar-refractivity contribution in [2.45, 2.75) is 38.5 Å². The predicted octanol–water partition coefficient (Wildman–Crippen LogP) is 1.69. The number of fused-ring (bicyclic) bond motifs is 1. The molecule has 1 unspecified atom stereocenters. The van der Waals surface area contributed by atoms with Gasteiger partial charge >= 0.3 is 0 Å². The standard InChI is InChI=1S/C12H16N2O/c1-8-5-9-3-2-4-10(6-11(13)15)12(9)14-7-8/h5,7,10H,2-4,6H2,1H3,(H2,13,15). The summed E-state index contributed by atoms with van der Waals surface area (Å²) >= 11 is 0. The normalized spacial score (nSPS) is 19.7. The van der Waals surface area contributed by atoms with E-state index in [1.54, 1.807) is 0 Å². The van der Waals surface area contributed by atoms with Crippen LogP contribution in [-0.4, -0.2) is 10.9 Å². The van der Waals surface area contributed by atoms with Gasteiger partial charge in [0.25, 0.3) is 0 Å². The molecule has 0 aromatic carbocycles. The fourth-order valence-corrected chi connectivity index (χ4v) is 2.33. The van der Waals surface area contributed by atoms with Gasteiger partial charge in [0.1, 0.15) is 0 Å². The molecule has 0 fully saturated rings. The van der Waals surface area contributed by atoms with Gasteiger partial charge in [0.15, 0.2) is 0 Å². The van der Waals surface area contributed by atoms with Gasteiger partial charge < -0.3 is 5.73 Å². The zero-order valence-electron chi connectivity index (χ0n) is 8.99. The van der Waals surface area contributed by atoms with Gasteiger partial charge in [-0.1, -0.05) is 6.07 Å². The van der Waals surface area contributed by atoms with Crippen LogP contribution in [0.1, 0.15) is 42.0 Å². The van der Waals surface area contributed by atoms with E-state index in [0.717, 1.165) is 25.0 Å². The second-order valence-electron chi connectivity index (χ2n) is 4.32. The predicted molar refractivity (Wildman–Crippen MR) is 58.5 cm³/mol. The Bertz CT molecular complexity index is 387. The number of aryl methyl sites for hydroxylation is 2. The Morgan fingerprint density at radius 3 is 3.20 bits per heavy atom. The quantitative estimate of drug-likeness (QED) is 0.797. The highest BCUT2D eigenvalue weighted by Gasteiger charge is 2.22. The summed E-state index contributed by atoms with van der Waals surface area (Å²) in [4.78, 5) is 15.4. The molecule has 0 radical (unpaired) electrons. The first-order chi connectivity index (χ1) is 7.16. The molecule has 1 aliphatic carbocycles. The fourth-order valence-electron chi connectivity index (χ4n) is 2.33. The van der Waals surface area contributed by atoms with E-state index in [9.17, 15) is 4.79 Å². The van der Waals surface area contributed by atoms with Gasteiger partial charge in [-0.25, -0.2) is 0 Å². The average Bonchev–Trinajstić information content (AvgIpc) is 2.16. The Labute approximate surface area is 89.7 Å². The molecule has 80 valence electrons. The summed E-state index contributed by atoms with van der Waals surface area (Å²) in [5.41, 5.74) is 8.82. The van der Waals surface area contributed by atoms with Gasteiger partial charge in [0.05, 0.1) is 0 Å². The Morgan fingerprint density at radius 1 is 1.67 bits per heavy atom. The van der Waals surface area contributed by atoms with E-state index in [0.29, 0.717) is 6.42 Å². The van der Waals surface area contributed by atoms with Crippen molar-refractivity contribution < 1.29 is 4.79 Å². The van der Waals surface area contributed by atoms with Crippen molar-refractivity contribution in [1.82, 2.24) is 4.98 Å². The Kier molecular flexibility index (Phi) is 2.71. The van der Waals surface area contributed by atoms with Gasteiger partial charge in [0, 0.05) is 24.2 Å². The highest BCUT2D eigenvalue weighted by molar-refractivity contribution is 5.74. The number of primary amides is 1. The van der Waals surface area contributed by atoms with Crippen LogP contribution in [0.5, 0.6) is 0 Å². The SMILES string of the molecule is Cc1cnc2c(c1)CCCC2CC(N)=O. The van der Waals surface area contributed by atoms with Crippen LogP contribution in [0.2, 0.25) is 0 Å². The first kappa shape index (κ1) is 10.1. The molecule has 3 heteroatoms. The van der Waals surface area contributed by atoms with Crippen LogP contribution >= 0.6 is 0 Å². The van der Waals surface area contributed by atoms with Gasteiger partial charge in [-0.3, -0.25) is 9.78 Å². The van der Waals surface area contributed by atoms with E-state index in [1.165, 1.54) is 11.1 Å². The lowest BCUT2D eigenvalue weighted by Gasteiger charge is -2.23. The van der Waals surface area contributed by atoms with E-state index < -0.39 is 0 Å². The summed E-state index contributed by atoms with van der Waals surface area (Å²) in [7, 11) is 0. The molecule has 0 saturated carbocycles. The summed E-state index contributed by atoms with van der Waals surface area (Å²) in [5, 5.41) is 0. The van der Waals surface area contributed by atoms with Crippen molar-refractivity contribution in [3.05, 3.63) is 29.1 Å². The van der Waals surface area contributed by atoms with E-state index >= 15 is 0 Å². The number of hydrogen-bond acceptors (Lipinski definition) is 2. The molecule has 1 heterocycles. The number of pyridine rings is 1. The minimum Gasteiger partial charge on any atom is -0.370 e. The van der Waals surface area contributed by atoms with Gasteiger partial charge in [-0.05, 0) is 37.3 Å². The van der Waals surface area contributed by atoms with E-state index in [4.69, 9.17) is 5.73 Å². The van der Waals surface area contributed by atoms with Crippen LogP contribution < -0.4 is 5.73 Å². The molecule has 1 atom stereocenters. The molecular weight excluding hydrogens is 188 g/mol. The smallest absolute Gasteiger partial charge is 0.218 e. The fraction of sp³-hybridized carbons (Fsp3) is 0.500. The van der Waals surface area contributed by atoms with Crippen molar-refractivity contribution in [2.75, 3.05) is 0 Å². The third kappa shape index (κ3) is 2.17. The third-order valence-electron chi connectivity index (χ3n) is 2.97. The van der Waals surface area contributed by atoms with Crippen LogP contribution in [0.4, 0.5) is 0 Å². The van der Waals surface area contributed by atoms with Crippen LogP contribution in [0.15, 0.2) is 12.3 Å². The monoisotopic (exact) mass is 204 g/mol. The van der Waals surface area contributed by atoms with Crippen molar-refractivity contribution in [2.24, 2.45) is 5.73 Å². The van der Waals surface area contributed by atoms with Gasteiger partial charge in [-0.15, -0.1) is 0 Å². The molecule has 2 rings (SSSR count). The summed E-state index contributed by atoms with van der Waals surface area (Å²) < 4.78 is 0. The third-order valence-corrected chi connectivity index (χ3v) is 2.97. The van der Waals surface area contributed by atoms with Crippen molar-refractivity contribution in [3.8, 4) is 0 Å². The van der Waals surface area contributed by atoms with Gasteiger partial charge in [0.2, 0.25) is 5.91 Å². The Hall–Kier alpha value is -1.38. The lowest BCUT2D eigenvalue weighted by atomic mass is 9.84. The first-order valence-electron chi connectivity index (χ1n) is 5.40. The first-order valence-corrected chi connectivity index (χ1v) is 5.40. The molecule has 1 aromatic heterocycles. The Morgan fingerprint density at radius 2 is 2.47 bits per heavy atom. The molecule has 0 spiro atoms. The molecule has 1 amide bonds. The molecule has 3 nitrogen and oxygen atoms in total. The minimum absolute atomic E-state index is 0.227. The zero-order chi connectivity index (χ0) is 10.8. The number of hydrogen-bond donors (Lipinski definition) is 1. The summed E-state index contributed by atoms with van der Waals surface area (Å²) in [6.45, 7) is 2.05. The summed E-state index contributed by atoms with van der Waals surface area (Å²) in [6, 6.07) is 2.18. The molecular formula is C12H16N2O. The number of nitrogens with zero attached hydrogens (tertiary/aromatic N) is 1. The summed E-state index contributed by atoms with van der Waals surface area (Å²) in [5.74, 6) is 0.0158. The lowest BCUT2D eigenvalue weighted by molar-refractivity contribution is -0.118. The molecule has 0 aliphatic heterocycles. The van der Waals surface area contributed by atoms with E-state index in [-0.39, 0.29) is 11.8 Å². The molecule has 0 bridgehead atoms. The van der Waals surface area contributed by atoms with Gasteiger partial charge in [-0.2, -0.15) is 0 Å². The van der Waals surface area contributed by atoms with Crippen LogP contribution in [-0.2, 0) is 11.2 Å². The van der Waals surface area contributed by atoms with E-state index in [1.807, 2.05) is 13.1 Å². The van der Waals surface area contributed by atoms with Crippen LogP contribution in [0.3, 0.4) is 0 Å². The maximum atomic E-state index is 10.9. The largest absolute Gasteiger partial charge is 0.370 e. The number of carbonyl (C=O) groups excluding carboxylic acids is 1. The molecule has 15 heavy (non-hydrogen) atoms. The number of rotatable bonds is 2. The maximum absolute atomic E-state index is 10.9. The highest BCUT2D eigenvalue weighted by Crippen LogP contribution is 2.32. The number of nitrogens with two attached hydrogens (primary N) is 1. The topological polar surface area (TPSA) is 56.0 Å². The van der Waals surface area contributed by atoms with Crippen molar-refractivity contribution in [1.29, 1.82) is 0 Å². The van der Waals surface area contributed by atoms with Crippen molar-refractivity contribution >= 4 is 5.91 Å². The maximum Gasteiger partial charge on any atom is 0.218 e. The highest BCUT2D eigenvalue weighted by atomic mass is 16.1. The second-order valence-corrected chi connectivity index (χ2v) is 4.32. The van der Waals surface area contributed by atoms with E-state index in [2.05, 4.69) is 11.1 Å². The summed E-state index contributed by atoms with van der Waals surface area (Å²) in [6.07, 6.45) is 5.56. The Balaban J connectivity index is 2.30. The zero-order valence-corrected chi connectivity index (χ0v) is 8.99. The molecule has 0 saturated heterocycles. The van der Waals surface area contributed by atoms with Crippen LogP contribution in [0.25, 0.3) is 0 Å². The molecule has 1 aliphatic rings. The second kappa shape index (κ2) is 4.01.